The van der Waals surface area contributed by atoms with Crippen LogP contribution in [-0.4, -0.2) is 6.71 Å². The van der Waals surface area contributed by atoms with Crippen molar-refractivity contribution in [1.82, 2.24) is 0 Å². The second-order valence-electron chi connectivity index (χ2n) is 22.4. The van der Waals surface area contributed by atoms with Gasteiger partial charge < -0.3 is 14.2 Å². The fourth-order valence-electron chi connectivity index (χ4n) is 11.0. The molecule has 0 bridgehead atoms. The van der Waals surface area contributed by atoms with Gasteiger partial charge in [-0.15, -0.1) is 22.7 Å². The van der Waals surface area contributed by atoms with Crippen molar-refractivity contribution in [2.24, 2.45) is 0 Å². The van der Waals surface area contributed by atoms with Crippen LogP contribution >= 0.6 is 22.7 Å². The first kappa shape index (κ1) is 43.0. The van der Waals surface area contributed by atoms with Crippen molar-refractivity contribution in [2.75, 3.05) is 9.80 Å². The van der Waals surface area contributed by atoms with Gasteiger partial charge in [-0.25, -0.2) is 0 Å². The monoisotopic (exact) mass is 920 g/mol. The SMILES string of the molecule is Cc1cc(C(C)(C)C)cc(C)c1N1c2cc(C(C)(C)C)cc3c2B(c2cc(-c4csc5ccccc45)ccc2N3c2ccc(-c3csc4ccccc34)cc2)c2oc3ccc(C(C)(C)C)cc3c21. The summed E-state index contributed by atoms with van der Waals surface area (Å²) in [5, 5.41) is 8.39. The lowest BCUT2D eigenvalue weighted by molar-refractivity contribution is 0.589. The molecule has 6 heteroatoms. The van der Waals surface area contributed by atoms with Crippen LogP contribution in [0.1, 0.15) is 90.1 Å². The predicted octanol–water partition coefficient (Wildman–Crippen LogP) is 16.8. The van der Waals surface area contributed by atoms with E-state index in [0.717, 1.165) is 28.0 Å². The number of fused-ring (bicyclic) bond motifs is 8. The molecule has 2 aliphatic heterocycles. The Morgan fingerprint density at radius 3 is 1.62 bits per heavy atom. The van der Waals surface area contributed by atoms with E-state index in [1.165, 1.54) is 104 Å². The molecule has 12 rings (SSSR count). The summed E-state index contributed by atoms with van der Waals surface area (Å²) in [5.41, 5.74) is 22.7. The minimum atomic E-state index is -0.173. The number of hydrogen-bond donors (Lipinski definition) is 0. The quantitative estimate of drug-likeness (QED) is 0.164. The van der Waals surface area contributed by atoms with E-state index >= 15 is 0 Å². The normalized spacial score (nSPS) is 13.7. The van der Waals surface area contributed by atoms with Gasteiger partial charge in [-0.2, -0.15) is 0 Å². The second-order valence-corrected chi connectivity index (χ2v) is 24.2. The lowest BCUT2D eigenvalue weighted by atomic mass is 9.35. The summed E-state index contributed by atoms with van der Waals surface area (Å²) < 4.78 is 10.1. The number of rotatable bonds is 4. The van der Waals surface area contributed by atoms with Crippen LogP contribution in [0.5, 0.6) is 0 Å². The molecule has 7 aromatic carbocycles. The predicted molar refractivity (Wildman–Crippen MR) is 297 cm³/mol. The molecule has 10 aromatic rings. The molecule has 68 heavy (non-hydrogen) atoms. The van der Waals surface area contributed by atoms with Crippen LogP contribution in [0.15, 0.2) is 149 Å². The highest BCUT2D eigenvalue weighted by molar-refractivity contribution is 7.18. The molecular formula is C62H57BN2OS2. The zero-order chi connectivity index (χ0) is 47.2. The highest BCUT2D eigenvalue weighted by Crippen LogP contribution is 2.51. The van der Waals surface area contributed by atoms with Gasteiger partial charge in [0, 0.05) is 59.4 Å². The van der Waals surface area contributed by atoms with Crippen molar-refractivity contribution in [3.8, 4) is 22.3 Å². The van der Waals surface area contributed by atoms with Gasteiger partial charge in [0.2, 0.25) is 0 Å². The first-order chi connectivity index (χ1) is 32.4. The van der Waals surface area contributed by atoms with E-state index in [4.69, 9.17) is 4.42 Å². The fourth-order valence-corrected chi connectivity index (χ4v) is 12.9. The van der Waals surface area contributed by atoms with Crippen LogP contribution in [0, 0.1) is 13.8 Å². The molecule has 0 radical (unpaired) electrons. The molecule has 0 unspecified atom stereocenters. The molecular weight excluding hydrogens is 864 g/mol. The van der Waals surface area contributed by atoms with Crippen molar-refractivity contribution >= 4 is 111 Å². The summed E-state index contributed by atoms with van der Waals surface area (Å²) >= 11 is 3.63. The molecule has 0 saturated heterocycles. The Bertz CT molecular complexity index is 3650. The average molecular weight is 921 g/mol. The first-order valence-corrected chi connectivity index (χ1v) is 25.8. The highest BCUT2D eigenvalue weighted by atomic mass is 32.1. The van der Waals surface area contributed by atoms with Crippen LogP contribution in [0.2, 0.25) is 0 Å². The van der Waals surface area contributed by atoms with Gasteiger partial charge in [-0.3, -0.25) is 0 Å². The fraction of sp³-hybridized carbons (Fsp3) is 0.226. The molecule has 3 aromatic heterocycles. The Hall–Kier alpha value is -6.34. The van der Waals surface area contributed by atoms with Crippen LogP contribution in [-0.2, 0) is 16.2 Å². The minimum Gasteiger partial charge on any atom is -0.468 e. The maximum atomic E-state index is 7.45. The largest absolute Gasteiger partial charge is 0.468 e. The third kappa shape index (κ3) is 6.65. The topological polar surface area (TPSA) is 19.6 Å². The summed E-state index contributed by atoms with van der Waals surface area (Å²) in [6.45, 7) is 25.4. The molecule has 0 spiro atoms. The summed E-state index contributed by atoms with van der Waals surface area (Å²) in [6.07, 6.45) is 0. The number of nitrogens with zero attached hydrogens (tertiary/aromatic N) is 2. The van der Waals surface area contributed by atoms with E-state index in [-0.39, 0.29) is 23.0 Å². The first-order valence-electron chi connectivity index (χ1n) is 24.1. The third-order valence-electron chi connectivity index (χ3n) is 14.7. The standard InChI is InChI=1S/C62H57BN2OS2/c1-36-28-41(61(6,7)8)29-37(2)57(36)65-52-33-42(62(9,10)11)32-51-56(52)63(59-58(65)46-31-40(60(3,4)5)23-27-53(46)66-59)49-30-39(48-35-68-55-19-15-13-17-45(48)55)22-26-50(49)64(51)43-24-20-38(21-25-43)47-34-67-54-18-14-12-16-44(47)54/h12-35H,1-11H3. The Kier molecular flexibility index (Phi) is 9.53. The number of hydrogen-bond acceptors (Lipinski definition) is 5. The minimum absolute atomic E-state index is 0.00321. The van der Waals surface area contributed by atoms with Crippen LogP contribution < -0.4 is 26.4 Å². The van der Waals surface area contributed by atoms with Crippen molar-refractivity contribution in [1.29, 1.82) is 0 Å². The maximum Gasteiger partial charge on any atom is 0.297 e. The smallest absolute Gasteiger partial charge is 0.297 e. The summed E-state index contributed by atoms with van der Waals surface area (Å²) in [4.78, 5) is 5.16. The molecule has 0 aliphatic carbocycles. The number of furan rings is 1. The molecule has 0 fully saturated rings. The average Bonchev–Trinajstić information content (AvgIpc) is 4.04. The van der Waals surface area contributed by atoms with E-state index < -0.39 is 0 Å². The second kappa shape index (κ2) is 15.1. The summed E-state index contributed by atoms with van der Waals surface area (Å²) in [6, 6.07) is 50.9. The van der Waals surface area contributed by atoms with Gasteiger partial charge in [-0.1, -0.05) is 141 Å². The molecule has 336 valence electrons. The van der Waals surface area contributed by atoms with E-state index in [0.29, 0.717) is 0 Å². The van der Waals surface area contributed by atoms with Crippen molar-refractivity contribution in [3.05, 3.63) is 172 Å². The Balaban J connectivity index is 1.18. The van der Waals surface area contributed by atoms with E-state index in [2.05, 4.69) is 230 Å². The number of benzene rings is 7. The van der Waals surface area contributed by atoms with Gasteiger partial charge >= 0.3 is 0 Å². The molecule has 2 aliphatic rings. The van der Waals surface area contributed by atoms with E-state index in [1.54, 1.807) is 0 Å². The van der Waals surface area contributed by atoms with Crippen molar-refractivity contribution in [3.63, 3.8) is 0 Å². The van der Waals surface area contributed by atoms with Crippen molar-refractivity contribution in [2.45, 2.75) is 92.4 Å². The highest BCUT2D eigenvalue weighted by Gasteiger charge is 2.48. The molecule has 0 amide bonds. The number of aryl methyl sites for hydroxylation is 2. The molecule has 0 N–H and O–H groups in total. The van der Waals surface area contributed by atoms with E-state index in [9.17, 15) is 0 Å². The molecule has 3 nitrogen and oxygen atoms in total. The third-order valence-corrected chi connectivity index (χ3v) is 16.6. The number of thiophene rings is 2. The lowest BCUT2D eigenvalue weighted by Gasteiger charge is -2.44. The van der Waals surface area contributed by atoms with Crippen LogP contribution in [0.25, 0.3) is 53.4 Å². The zero-order valence-corrected chi connectivity index (χ0v) is 42.7. The van der Waals surface area contributed by atoms with Crippen molar-refractivity contribution < 1.29 is 4.42 Å². The Labute approximate surface area is 409 Å². The number of anilines is 6. The van der Waals surface area contributed by atoms with Gasteiger partial charge in [0.1, 0.15) is 5.58 Å². The van der Waals surface area contributed by atoms with Crippen LogP contribution in [0.3, 0.4) is 0 Å². The zero-order valence-electron chi connectivity index (χ0n) is 41.1. The lowest BCUT2D eigenvalue weighted by Crippen LogP contribution is -2.61. The molecule has 0 atom stereocenters. The molecule has 0 saturated carbocycles. The Morgan fingerprint density at radius 2 is 1.01 bits per heavy atom. The summed E-state index contributed by atoms with van der Waals surface area (Å²) in [5.74, 6) is 0. The van der Waals surface area contributed by atoms with E-state index in [1.807, 2.05) is 22.7 Å². The Morgan fingerprint density at radius 1 is 0.471 bits per heavy atom. The van der Waals surface area contributed by atoms with Gasteiger partial charge in [-0.05, 0) is 145 Å². The van der Waals surface area contributed by atoms with Gasteiger partial charge in [0.05, 0.1) is 17.0 Å². The maximum absolute atomic E-state index is 7.45. The van der Waals surface area contributed by atoms with Gasteiger partial charge in [0.15, 0.2) is 0 Å². The summed E-state index contributed by atoms with van der Waals surface area (Å²) in [7, 11) is 0. The van der Waals surface area contributed by atoms with Gasteiger partial charge in [0.25, 0.3) is 6.71 Å². The molecule has 5 heterocycles. The van der Waals surface area contributed by atoms with Crippen LogP contribution in [0.4, 0.5) is 34.1 Å².